The van der Waals surface area contributed by atoms with Gasteiger partial charge in [-0.25, -0.2) is 4.98 Å². The van der Waals surface area contributed by atoms with E-state index in [0.29, 0.717) is 31.2 Å². The van der Waals surface area contributed by atoms with Gasteiger partial charge in [0, 0.05) is 12.2 Å². The summed E-state index contributed by atoms with van der Waals surface area (Å²) >= 11 is 0. The summed E-state index contributed by atoms with van der Waals surface area (Å²) < 4.78 is 11.4. The molecule has 1 atom stereocenters. The van der Waals surface area contributed by atoms with Crippen LogP contribution in [0.1, 0.15) is 65.4 Å². The van der Waals surface area contributed by atoms with Crippen LogP contribution in [0.4, 0.5) is 5.69 Å². The van der Waals surface area contributed by atoms with E-state index in [2.05, 4.69) is 24.1 Å². The first-order chi connectivity index (χ1) is 11.5. The number of unbranched alkanes of at least 4 members (excludes halogenated alkanes) is 1. The lowest BCUT2D eigenvalue weighted by molar-refractivity contribution is -0.140. The van der Waals surface area contributed by atoms with Crippen LogP contribution in [0.5, 0.6) is 5.88 Å². The minimum atomic E-state index is -0.808. The normalized spacial score (nSPS) is 13.4. The van der Waals surface area contributed by atoms with Gasteiger partial charge in [-0.15, -0.1) is 0 Å². The first kappa shape index (κ1) is 20.4. The Hall–Kier alpha value is -1.62. The highest BCUT2D eigenvalue weighted by atomic mass is 16.5. The van der Waals surface area contributed by atoms with Gasteiger partial charge in [-0.1, -0.05) is 33.6 Å². The average molecular weight is 336 g/mol. The number of nitrogens with zero attached hydrogens (tertiary/aromatic N) is 1. The van der Waals surface area contributed by atoms with Crippen LogP contribution in [0.3, 0.4) is 0 Å². The Balaban J connectivity index is 2.80. The molecule has 0 aliphatic heterocycles. The third-order valence-corrected chi connectivity index (χ3v) is 3.84. The molecule has 0 unspecified atom stereocenters. The van der Waals surface area contributed by atoms with E-state index in [1.807, 2.05) is 26.8 Å². The van der Waals surface area contributed by atoms with Gasteiger partial charge in [0.25, 0.3) is 5.91 Å². The highest BCUT2D eigenvalue weighted by Crippen LogP contribution is 2.24. The molecule has 0 aliphatic rings. The van der Waals surface area contributed by atoms with E-state index < -0.39 is 5.60 Å². The zero-order valence-electron chi connectivity index (χ0n) is 15.8. The molecule has 1 heterocycles. The molecular formula is C19H32N2O3. The number of aryl methyl sites for hydroxylation is 1. The van der Waals surface area contributed by atoms with E-state index in [1.54, 1.807) is 6.20 Å². The predicted molar refractivity (Wildman–Crippen MR) is 97.6 cm³/mol. The Labute approximate surface area is 146 Å². The lowest BCUT2D eigenvalue weighted by Crippen LogP contribution is -2.43. The zero-order valence-corrected chi connectivity index (χ0v) is 15.8. The molecule has 24 heavy (non-hydrogen) atoms. The summed E-state index contributed by atoms with van der Waals surface area (Å²) in [4.78, 5) is 17.0. The fourth-order valence-corrected chi connectivity index (χ4v) is 2.34. The molecule has 5 nitrogen and oxygen atoms in total. The van der Waals surface area contributed by atoms with Gasteiger partial charge in [-0.3, -0.25) is 4.79 Å². The SMILES string of the molecule is CCCC[C@](C)(OCCC)C(=O)Nc1cnc(OCCC)c(C)c1. The summed E-state index contributed by atoms with van der Waals surface area (Å²) in [5.41, 5.74) is 0.771. The van der Waals surface area contributed by atoms with Crippen molar-refractivity contribution in [2.45, 2.75) is 72.3 Å². The molecule has 136 valence electrons. The number of hydrogen-bond donors (Lipinski definition) is 1. The Morgan fingerprint density at radius 3 is 2.50 bits per heavy atom. The molecule has 1 aromatic rings. The zero-order chi connectivity index (χ0) is 18.0. The number of ether oxygens (including phenoxy) is 2. The fourth-order valence-electron chi connectivity index (χ4n) is 2.34. The maximum atomic E-state index is 12.7. The van der Waals surface area contributed by atoms with Crippen LogP contribution in [0.25, 0.3) is 0 Å². The largest absolute Gasteiger partial charge is 0.477 e. The Bertz CT molecular complexity index is 509. The maximum absolute atomic E-state index is 12.7. The minimum Gasteiger partial charge on any atom is -0.477 e. The summed E-state index contributed by atoms with van der Waals surface area (Å²) in [5, 5.41) is 2.94. The topological polar surface area (TPSA) is 60.5 Å². The molecule has 0 saturated carbocycles. The number of anilines is 1. The van der Waals surface area contributed by atoms with Gasteiger partial charge in [0.05, 0.1) is 18.5 Å². The first-order valence-corrected chi connectivity index (χ1v) is 9.01. The molecule has 1 amide bonds. The number of rotatable bonds is 11. The third kappa shape index (κ3) is 6.11. The lowest BCUT2D eigenvalue weighted by Gasteiger charge is -2.28. The summed E-state index contributed by atoms with van der Waals surface area (Å²) in [6.07, 6.45) is 6.15. The molecule has 0 aliphatic carbocycles. The summed E-state index contributed by atoms with van der Waals surface area (Å²) in [6, 6.07) is 1.88. The van der Waals surface area contributed by atoms with Gasteiger partial charge < -0.3 is 14.8 Å². The molecule has 1 aromatic heterocycles. The van der Waals surface area contributed by atoms with Gasteiger partial charge >= 0.3 is 0 Å². The van der Waals surface area contributed by atoms with E-state index in [4.69, 9.17) is 9.47 Å². The molecule has 1 rings (SSSR count). The van der Waals surface area contributed by atoms with Crippen LogP contribution < -0.4 is 10.1 Å². The molecule has 0 bridgehead atoms. The monoisotopic (exact) mass is 336 g/mol. The quantitative estimate of drug-likeness (QED) is 0.646. The van der Waals surface area contributed by atoms with Crippen LogP contribution in [-0.4, -0.2) is 29.7 Å². The van der Waals surface area contributed by atoms with Gasteiger partial charge in [-0.2, -0.15) is 0 Å². The Morgan fingerprint density at radius 1 is 1.21 bits per heavy atom. The molecule has 0 spiro atoms. The van der Waals surface area contributed by atoms with Crippen molar-refractivity contribution in [3.8, 4) is 5.88 Å². The molecule has 0 saturated heterocycles. The standard InChI is InChI=1S/C19H32N2O3/c1-6-9-10-19(5,24-12-8-3)18(22)21-16-13-15(4)17(20-14-16)23-11-7-2/h13-14H,6-12H2,1-5H3,(H,21,22)/t19-/m0/s1. The van der Waals surface area contributed by atoms with Gasteiger partial charge in [-0.05, 0) is 39.2 Å². The van der Waals surface area contributed by atoms with Gasteiger partial charge in [0.1, 0.15) is 5.60 Å². The van der Waals surface area contributed by atoms with E-state index in [1.165, 1.54) is 0 Å². The number of carbonyl (C=O) groups excluding carboxylic acids is 1. The first-order valence-electron chi connectivity index (χ1n) is 9.01. The van der Waals surface area contributed by atoms with Crippen LogP contribution in [0.15, 0.2) is 12.3 Å². The second-order valence-corrected chi connectivity index (χ2v) is 6.33. The van der Waals surface area contributed by atoms with E-state index in [9.17, 15) is 4.79 Å². The lowest BCUT2D eigenvalue weighted by atomic mass is 9.97. The molecule has 0 radical (unpaired) electrons. The molecule has 1 N–H and O–H groups in total. The fraction of sp³-hybridized carbons (Fsp3) is 0.684. The number of pyridine rings is 1. The van der Waals surface area contributed by atoms with Crippen molar-refractivity contribution < 1.29 is 14.3 Å². The predicted octanol–water partition coefficient (Wildman–Crippen LogP) is 4.49. The highest BCUT2D eigenvalue weighted by Gasteiger charge is 2.33. The second-order valence-electron chi connectivity index (χ2n) is 6.33. The van der Waals surface area contributed by atoms with Crippen LogP contribution in [-0.2, 0) is 9.53 Å². The number of aromatic nitrogens is 1. The summed E-state index contributed by atoms with van der Waals surface area (Å²) in [5.74, 6) is 0.499. The number of amides is 1. The number of carbonyl (C=O) groups is 1. The van der Waals surface area contributed by atoms with Crippen LogP contribution in [0, 0.1) is 6.92 Å². The summed E-state index contributed by atoms with van der Waals surface area (Å²) in [6.45, 7) is 11.2. The summed E-state index contributed by atoms with van der Waals surface area (Å²) in [7, 11) is 0. The van der Waals surface area contributed by atoms with E-state index in [0.717, 1.165) is 31.2 Å². The maximum Gasteiger partial charge on any atom is 0.256 e. The van der Waals surface area contributed by atoms with Crippen molar-refractivity contribution >= 4 is 11.6 Å². The number of hydrogen-bond acceptors (Lipinski definition) is 4. The van der Waals surface area contributed by atoms with Crippen molar-refractivity contribution in [2.24, 2.45) is 0 Å². The molecule has 5 heteroatoms. The van der Waals surface area contributed by atoms with Crippen molar-refractivity contribution in [2.75, 3.05) is 18.5 Å². The van der Waals surface area contributed by atoms with E-state index >= 15 is 0 Å². The minimum absolute atomic E-state index is 0.118. The van der Waals surface area contributed by atoms with Crippen LogP contribution in [0.2, 0.25) is 0 Å². The second kappa shape index (κ2) is 10.3. The Morgan fingerprint density at radius 2 is 1.92 bits per heavy atom. The number of nitrogens with one attached hydrogen (secondary N) is 1. The van der Waals surface area contributed by atoms with Crippen molar-refractivity contribution in [1.29, 1.82) is 0 Å². The van der Waals surface area contributed by atoms with Gasteiger partial charge in [0.2, 0.25) is 5.88 Å². The molecular weight excluding hydrogens is 304 g/mol. The highest BCUT2D eigenvalue weighted by molar-refractivity contribution is 5.97. The van der Waals surface area contributed by atoms with Crippen LogP contribution >= 0.6 is 0 Å². The molecule has 0 fully saturated rings. The van der Waals surface area contributed by atoms with Crippen molar-refractivity contribution in [3.63, 3.8) is 0 Å². The molecule has 0 aromatic carbocycles. The van der Waals surface area contributed by atoms with Crippen molar-refractivity contribution in [3.05, 3.63) is 17.8 Å². The third-order valence-electron chi connectivity index (χ3n) is 3.84. The smallest absolute Gasteiger partial charge is 0.256 e. The van der Waals surface area contributed by atoms with Gasteiger partial charge in [0.15, 0.2) is 0 Å². The Kier molecular flexibility index (Phi) is 8.76. The van der Waals surface area contributed by atoms with E-state index in [-0.39, 0.29) is 5.91 Å². The van der Waals surface area contributed by atoms with Crippen molar-refractivity contribution in [1.82, 2.24) is 4.98 Å². The average Bonchev–Trinajstić information content (AvgIpc) is 2.57.